The van der Waals surface area contributed by atoms with Gasteiger partial charge in [-0.3, -0.25) is 9.59 Å². The van der Waals surface area contributed by atoms with Gasteiger partial charge in [0.05, 0.1) is 16.1 Å². The van der Waals surface area contributed by atoms with Crippen molar-refractivity contribution in [3.05, 3.63) is 10.4 Å². The molecule has 4 N–H and O–H groups in total. The molecule has 0 saturated heterocycles. The summed E-state index contributed by atoms with van der Waals surface area (Å²) in [5.41, 5.74) is 7.06. The Morgan fingerprint density at radius 3 is 2.48 bits per heavy atom. The highest BCUT2D eigenvalue weighted by Gasteiger charge is 2.37. The van der Waals surface area contributed by atoms with Crippen molar-refractivity contribution in [2.75, 3.05) is 24.6 Å². The number of carbonyl (C=O) groups excluding carboxylic acids is 2. The van der Waals surface area contributed by atoms with E-state index in [4.69, 9.17) is 5.73 Å². The molecule has 0 radical (unpaired) electrons. The van der Waals surface area contributed by atoms with Crippen LogP contribution >= 0.6 is 11.3 Å². The Kier molecular flexibility index (Phi) is 4.27. The van der Waals surface area contributed by atoms with Crippen LogP contribution in [0.4, 0.5) is 10.7 Å². The van der Waals surface area contributed by atoms with Crippen LogP contribution < -0.4 is 16.4 Å². The molecule has 1 aliphatic carbocycles. The van der Waals surface area contributed by atoms with Crippen molar-refractivity contribution in [2.24, 2.45) is 11.3 Å². The number of carbonyl (C=O) groups is 2. The number of ketones is 1. The van der Waals surface area contributed by atoms with Gasteiger partial charge in [-0.2, -0.15) is 0 Å². The van der Waals surface area contributed by atoms with Gasteiger partial charge in [0.1, 0.15) is 5.00 Å². The van der Waals surface area contributed by atoms with E-state index in [0.29, 0.717) is 26.5 Å². The maximum absolute atomic E-state index is 12.2. The summed E-state index contributed by atoms with van der Waals surface area (Å²) in [7, 11) is 1.56. The Bertz CT molecular complexity index is 574. The van der Waals surface area contributed by atoms with Crippen molar-refractivity contribution in [1.82, 2.24) is 5.32 Å². The molecular formula is C15H23N3O2S. The van der Waals surface area contributed by atoms with Gasteiger partial charge in [-0.15, -0.1) is 11.3 Å². The number of hydrogen-bond donors (Lipinski definition) is 3. The highest BCUT2D eigenvalue weighted by atomic mass is 32.1. The molecule has 0 bridgehead atoms. The SMILES string of the molecule is CNC(=O)c1c(NCC2(C)CC2)sc(C(=O)C(C)C)c1N. The molecule has 1 aromatic heterocycles. The summed E-state index contributed by atoms with van der Waals surface area (Å²) in [6, 6.07) is 0. The number of hydrogen-bond acceptors (Lipinski definition) is 5. The number of amides is 1. The molecule has 0 spiro atoms. The number of nitrogens with two attached hydrogens (primary N) is 1. The molecule has 0 unspecified atom stereocenters. The van der Waals surface area contributed by atoms with E-state index < -0.39 is 0 Å². The van der Waals surface area contributed by atoms with Gasteiger partial charge in [0.25, 0.3) is 5.91 Å². The van der Waals surface area contributed by atoms with E-state index >= 15 is 0 Å². The minimum Gasteiger partial charge on any atom is -0.397 e. The van der Waals surface area contributed by atoms with Crippen LogP contribution in [0.15, 0.2) is 0 Å². The molecule has 1 amide bonds. The Labute approximate surface area is 129 Å². The van der Waals surface area contributed by atoms with Crippen molar-refractivity contribution in [1.29, 1.82) is 0 Å². The number of thiophene rings is 1. The quantitative estimate of drug-likeness (QED) is 0.705. The van der Waals surface area contributed by atoms with Crippen molar-refractivity contribution < 1.29 is 9.59 Å². The summed E-state index contributed by atoms with van der Waals surface area (Å²) in [6.45, 7) is 6.67. The van der Waals surface area contributed by atoms with E-state index in [1.165, 1.54) is 24.2 Å². The molecule has 5 nitrogen and oxygen atoms in total. The second kappa shape index (κ2) is 5.67. The van der Waals surface area contributed by atoms with Crippen LogP contribution in [0.1, 0.15) is 53.6 Å². The lowest BCUT2D eigenvalue weighted by molar-refractivity contribution is 0.0944. The number of rotatable bonds is 6. The topological polar surface area (TPSA) is 84.2 Å². The molecule has 1 aromatic rings. The summed E-state index contributed by atoms with van der Waals surface area (Å²) in [5.74, 6) is -0.416. The smallest absolute Gasteiger partial charge is 0.256 e. The van der Waals surface area contributed by atoms with Crippen molar-refractivity contribution >= 4 is 33.7 Å². The standard InChI is InChI=1S/C15H23N3O2S/c1-8(2)11(19)12-10(16)9(13(20)17-4)14(21-12)18-7-15(3)5-6-15/h8,18H,5-7,16H2,1-4H3,(H,17,20). The first kappa shape index (κ1) is 15.8. The van der Waals surface area contributed by atoms with E-state index in [-0.39, 0.29) is 17.6 Å². The summed E-state index contributed by atoms with van der Waals surface area (Å²) < 4.78 is 0. The molecule has 1 heterocycles. The van der Waals surface area contributed by atoms with Gasteiger partial charge >= 0.3 is 0 Å². The second-order valence-corrected chi connectivity index (χ2v) is 7.33. The van der Waals surface area contributed by atoms with Crippen LogP contribution in [0.3, 0.4) is 0 Å². The van der Waals surface area contributed by atoms with E-state index in [1.807, 2.05) is 13.8 Å². The van der Waals surface area contributed by atoms with Crippen LogP contribution in [0.5, 0.6) is 0 Å². The van der Waals surface area contributed by atoms with Gasteiger partial charge in [0.2, 0.25) is 0 Å². The molecule has 2 rings (SSSR count). The zero-order valence-corrected chi connectivity index (χ0v) is 13.8. The third-order valence-electron chi connectivity index (χ3n) is 3.93. The van der Waals surface area contributed by atoms with E-state index in [1.54, 1.807) is 7.05 Å². The lowest BCUT2D eigenvalue weighted by Gasteiger charge is -2.11. The highest BCUT2D eigenvalue weighted by Crippen LogP contribution is 2.46. The normalized spacial score (nSPS) is 15.9. The minimum absolute atomic E-state index is 0.0201. The van der Waals surface area contributed by atoms with E-state index in [0.717, 1.165) is 6.54 Å². The largest absolute Gasteiger partial charge is 0.397 e. The average Bonchev–Trinajstić information content (AvgIpc) is 3.08. The molecule has 116 valence electrons. The van der Waals surface area contributed by atoms with Crippen molar-refractivity contribution in [3.8, 4) is 0 Å². The highest BCUT2D eigenvalue weighted by molar-refractivity contribution is 7.19. The number of Topliss-reactive ketones (excluding diaryl/α,β-unsaturated/α-hetero) is 1. The monoisotopic (exact) mass is 309 g/mol. The number of anilines is 2. The summed E-state index contributed by atoms with van der Waals surface area (Å²) in [6.07, 6.45) is 2.38. The summed E-state index contributed by atoms with van der Waals surface area (Å²) in [4.78, 5) is 24.8. The zero-order chi connectivity index (χ0) is 15.8. The Balaban J connectivity index is 2.34. The van der Waals surface area contributed by atoms with Crippen molar-refractivity contribution in [3.63, 3.8) is 0 Å². The van der Waals surface area contributed by atoms with Crippen LogP contribution in [0.2, 0.25) is 0 Å². The zero-order valence-electron chi connectivity index (χ0n) is 13.0. The van der Waals surface area contributed by atoms with Crippen molar-refractivity contribution in [2.45, 2.75) is 33.6 Å². The predicted octanol–water partition coefficient (Wildman–Crippen LogP) is 2.74. The second-order valence-electron chi connectivity index (χ2n) is 6.31. The number of nitrogen functional groups attached to an aromatic ring is 1. The minimum atomic E-state index is -0.255. The Morgan fingerprint density at radius 2 is 2.00 bits per heavy atom. The molecule has 21 heavy (non-hydrogen) atoms. The number of nitrogens with one attached hydrogen (secondary N) is 2. The molecule has 0 aromatic carbocycles. The van der Waals surface area contributed by atoms with Gasteiger partial charge < -0.3 is 16.4 Å². The van der Waals surface area contributed by atoms with Crippen LogP contribution in [0, 0.1) is 11.3 Å². The third-order valence-corrected chi connectivity index (χ3v) is 5.10. The lowest BCUT2D eigenvalue weighted by Crippen LogP contribution is -2.21. The first-order valence-corrected chi connectivity index (χ1v) is 8.03. The van der Waals surface area contributed by atoms with Gasteiger partial charge in [-0.25, -0.2) is 0 Å². The third kappa shape index (κ3) is 3.20. The maximum atomic E-state index is 12.2. The lowest BCUT2D eigenvalue weighted by atomic mass is 10.1. The molecule has 1 fully saturated rings. The Morgan fingerprint density at radius 1 is 1.38 bits per heavy atom. The average molecular weight is 309 g/mol. The molecule has 1 saturated carbocycles. The Hall–Kier alpha value is -1.56. The van der Waals surface area contributed by atoms with E-state index in [9.17, 15) is 9.59 Å². The summed E-state index contributed by atoms with van der Waals surface area (Å²) in [5, 5.41) is 6.60. The fraction of sp³-hybridized carbons (Fsp3) is 0.600. The van der Waals surface area contributed by atoms with Gasteiger partial charge in [0.15, 0.2) is 5.78 Å². The van der Waals surface area contributed by atoms with Gasteiger partial charge in [-0.05, 0) is 18.3 Å². The summed E-state index contributed by atoms with van der Waals surface area (Å²) >= 11 is 1.29. The van der Waals surface area contributed by atoms with Crippen LogP contribution in [-0.2, 0) is 0 Å². The van der Waals surface area contributed by atoms with Gasteiger partial charge in [-0.1, -0.05) is 20.8 Å². The first-order chi connectivity index (χ1) is 9.79. The molecule has 1 aliphatic rings. The molecule has 6 heteroatoms. The predicted molar refractivity (Wildman–Crippen MR) is 87.1 cm³/mol. The van der Waals surface area contributed by atoms with Gasteiger partial charge in [0, 0.05) is 19.5 Å². The fourth-order valence-corrected chi connectivity index (χ4v) is 3.25. The van der Waals surface area contributed by atoms with Crippen LogP contribution in [0.25, 0.3) is 0 Å². The molecular weight excluding hydrogens is 286 g/mol. The van der Waals surface area contributed by atoms with Crippen LogP contribution in [-0.4, -0.2) is 25.3 Å². The van der Waals surface area contributed by atoms with E-state index in [2.05, 4.69) is 17.6 Å². The first-order valence-electron chi connectivity index (χ1n) is 7.21. The maximum Gasteiger partial charge on any atom is 0.256 e. The fourth-order valence-electron chi connectivity index (χ4n) is 2.05. The molecule has 0 atom stereocenters. The molecule has 0 aliphatic heterocycles.